The van der Waals surface area contributed by atoms with Gasteiger partial charge in [-0.2, -0.15) is 0 Å². The second-order valence-corrected chi connectivity index (χ2v) is 5.95. The molecule has 0 bridgehead atoms. The van der Waals surface area contributed by atoms with Crippen LogP contribution in [0.15, 0.2) is 29.2 Å². The number of aliphatic hydroxyl groups excluding tert-OH is 1. The van der Waals surface area contributed by atoms with Crippen molar-refractivity contribution < 1.29 is 5.11 Å². The quantitative estimate of drug-likeness (QED) is 0.571. The number of aliphatic hydroxyl groups is 1. The summed E-state index contributed by atoms with van der Waals surface area (Å²) in [7, 11) is 0. The van der Waals surface area contributed by atoms with E-state index in [4.69, 9.17) is 10.8 Å². The van der Waals surface area contributed by atoms with Gasteiger partial charge in [0.1, 0.15) is 0 Å². The van der Waals surface area contributed by atoms with E-state index in [1.807, 2.05) is 6.07 Å². The van der Waals surface area contributed by atoms with Crippen LogP contribution in [0, 0.1) is 17.8 Å². The Balaban J connectivity index is 2.67. The van der Waals surface area contributed by atoms with Crippen molar-refractivity contribution in [3.8, 4) is 11.8 Å². The van der Waals surface area contributed by atoms with E-state index in [0.29, 0.717) is 12.5 Å². The fraction of sp³-hybridized carbons (Fsp3) is 0.529. The van der Waals surface area contributed by atoms with Gasteiger partial charge >= 0.3 is 0 Å². The summed E-state index contributed by atoms with van der Waals surface area (Å²) < 4.78 is 0. The third kappa shape index (κ3) is 7.00. The second-order valence-electron chi connectivity index (χ2n) is 4.79. The van der Waals surface area contributed by atoms with E-state index in [2.05, 4.69) is 37.0 Å². The van der Waals surface area contributed by atoms with Gasteiger partial charge in [-0.05, 0) is 37.5 Å². The predicted molar refractivity (Wildman–Crippen MR) is 87.8 cm³/mol. The summed E-state index contributed by atoms with van der Waals surface area (Å²) in [5.74, 6) is 7.97. The first kappa shape index (κ1) is 17.1. The highest BCUT2D eigenvalue weighted by atomic mass is 32.2. The summed E-state index contributed by atoms with van der Waals surface area (Å²) in [6, 6.07) is 8.32. The first-order valence-corrected chi connectivity index (χ1v) is 8.34. The van der Waals surface area contributed by atoms with Crippen LogP contribution in [-0.4, -0.2) is 24.0 Å². The number of thioether (sulfide) groups is 1. The Morgan fingerprint density at radius 2 is 2.20 bits per heavy atom. The number of hydrogen-bond acceptors (Lipinski definition) is 3. The molecule has 0 aromatic heterocycles. The maximum atomic E-state index is 8.93. The zero-order chi connectivity index (χ0) is 14.6. The monoisotopic (exact) mass is 291 g/mol. The zero-order valence-corrected chi connectivity index (χ0v) is 13.1. The van der Waals surface area contributed by atoms with E-state index >= 15 is 0 Å². The topological polar surface area (TPSA) is 46.2 Å². The van der Waals surface area contributed by atoms with Crippen LogP contribution in [-0.2, 0) is 0 Å². The Hall–Kier alpha value is -0.950. The standard InChI is InChI=1S/C17H25NOS/c1-2-5-15(7-4-12-19)9-10-16-6-3-8-17(14-16)20-13-11-18/h3,6,8,14-15,19H,2,4-5,7,11-13,18H2,1H3. The predicted octanol–water partition coefficient (Wildman–Crippen LogP) is 3.28. The molecule has 0 heterocycles. The van der Waals surface area contributed by atoms with Crippen LogP contribution in [0.3, 0.4) is 0 Å². The molecule has 0 saturated carbocycles. The van der Waals surface area contributed by atoms with Crippen molar-refractivity contribution >= 4 is 11.8 Å². The molecule has 1 atom stereocenters. The highest BCUT2D eigenvalue weighted by Gasteiger charge is 2.03. The maximum Gasteiger partial charge on any atom is 0.0431 e. The van der Waals surface area contributed by atoms with Crippen molar-refractivity contribution in [3.05, 3.63) is 29.8 Å². The molecule has 1 rings (SSSR count). The molecular weight excluding hydrogens is 266 g/mol. The molecule has 0 fully saturated rings. The van der Waals surface area contributed by atoms with Crippen LogP contribution < -0.4 is 5.73 Å². The lowest BCUT2D eigenvalue weighted by molar-refractivity contribution is 0.276. The van der Waals surface area contributed by atoms with Crippen LogP contribution in [0.4, 0.5) is 0 Å². The number of benzene rings is 1. The third-order valence-corrected chi connectivity index (χ3v) is 4.02. The summed E-state index contributed by atoms with van der Waals surface area (Å²) in [5.41, 5.74) is 6.59. The molecule has 0 saturated heterocycles. The minimum absolute atomic E-state index is 0.257. The average molecular weight is 291 g/mol. The average Bonchev–Trinajstić information content (AvgIpc) is 2.48. The molecule has 0 aliphatic heterocycles. The van der Waals surface area contributed by atoms with Gasteiger partial charge in [-0.25, -0.2) is 0 Å². The Morgan fingerprint density at radius 3 is 2.90 bits per heavy atom. The van der Waals surface area contributed by atoms with Crippen molar-refractivity contribution in [1.29, 1.82) is 0 Å². The molecular formula is C17H25NOS. The van der Waals surface area contributed by atoms with E-state index in [1.54, 1.807) is 11.8 Å². The van der Waals surface area contributed by atoms with E-state index < -0.39 is 0 Å². The van der Waals surface area contributed by atoms with E-state index in [-0.39, 0.29) is 6.61 Å². The summed E-state index contributed by atoms with van der Waals surface area (Å²) in [6.07, 6.45) is 4.07. The Labute approximate surface area is 127 Å². The largest absolute Gasteiger partial charge is 0.396 e. The van der Waals surface area contributed by atoms with Crippen LogP contribution in [0.5, 0.6) is 0 Å². The van der Waals surface area contributed by atoms with Crippen LogP contribution in [0.2, 0.25) is 0 Å². The molecule has 1 aromatic carbocycles. The SMILES string of the molecule is CCCC(C#Cc1cccc(SCCN)c1)CCCO. The lowest BCUT2D eigenvalue weighted by atomic mass is 9.98. The first-order chi connectivity index (χ1) is 9.80. The van der Waals surface area contributed by atoms with Gasteiger partial charge in [-0.3, -0.25) is 0 Å². The third-order valence-electron chi connectivity index (χ3n) is 2.99. The molecule has 1 unspecified atom stereocenters. The molecule has 0 aliphatic carbocycles. The number of nitrogens with two attached hydrogens (primary N) is 1. The Bertz CT molecular complexity index is 436. The molecule has 20 heavy (non-hydrogen) atoms. The molecule has 3 N–H and O–H groups in total. The molecule has 0 radical (unpaired) electrons. The smallest absolute Gasteiger partial charge is 0.0431 e. The van der Waals surface area contributed by atoms with Crippen molar-refractivity contribution in [2.75, 3.05) is 18.9 Å². The highest BCUT2D eigenvalue weighted by Crippen LogP contribution is 2.18. The molecule has 2 nitrogen and oxygen atoms in total. The van der Waals surface area contributed by atoms with Crippen molar-refractivity contribution in [2.24, 2.45) is 11.7 Å². The summed E-state index contributed by atoms with van der Waals surface area (Å²) in [6.45, 7) is 3.13. The molecule has 110 valence electrons. The van der Waals surface area contributed by atoms with Crippen LogP contribution >= 0.6 is 11.8 Å². The summed E-state index contributed by atoms with van der Waals surface area (Å²) >= 11 is 1.77. The van der Waals surface area contributed by atoms with Gasteiger partial charge in [0.15, 0.2) is 0 Å². The maximum absolute atomic E-state index is 8.93. The Kier molecular flexibility index (Phi) is 9.23. The minimum Gasteiger partial charge on any atom is -0.396 e. The van der Waals surface area contributed by atoms with Gasteiger partial charge in [-0.1, -0.05) is 31.3 Å². The lowest BCUT2D eigenvalue weighted by Gasteiger charge is -2.07. The summed E-state index contributed by atoms with van der Waals surface area (Å²) in [5, 5.41) is 8.93. The highest BCUT2D eigenvalue weighted by molar-refractivity contribution is 7.99. The van der Waals surface area contributed by atoms with E-state index in [9.17, 15) is 0 Å². The molecule has 0 aliphatic rings. The first-order valence-electron chi connectivity index (χ1n) is 7.35. The Morgan fingerprint density at radius 1 is 1.35 bits per heavy atom. The number of hydrogen-bond donors (Lipinski definition) is 2. The fourth-order valence-electron chi connectivity index (χ4n) is 2.00. The van der Waals surface area contributed by atoms with Gasteiger partial charge < -0.3 is 10.8 Å². The van der Waals surface area contributed by atoms with Gasteiger partial charge in [0.2, 0.25) is 0 Å². The summed E-state index contributed by atoms with van der Waals surface area (Å²) in [4.78, 5) is 1.23. The zero-order valence-electron chi connectivity index (χ0n) is 12.3. The second kappa shape index (κ2) is 10.8. The van der Waals surface area contributed by atoms with Gasteiger partial charge in [-0.15, -0.1) is 11.8 Å². The molecule has 1 aromatic rings. The normalized spacial score (nSPS) is 11.8. The minimum atomic E-state index is 0.257. The number of rotatable bonds is 8. The van der Waals surface area contributed by atoms with Crippen LogP contribution in [0.1, 0.15) is 38.2 Å². The van der Waals surface area contributed by atoms with E-state index in [0.717, 1.165) is 37.0 Å². The van der Waals surface area contributed by atoms with Crippen LogP contribution in [0.25, 0.3) is 0 Å². The van der Waals surface area contributed by atoms with Crippen molar-refractivity contribution in [2.45, 2.75) is 37.5 Å². The van der Waals surface area contributed by atoms with Crippen molar-refractivity contribution in [1.82, 2.24) is 0 Å². The fourth-order valence-corrected chi connectivity index (χ4v) is 2.74. The van der Waals surface area contributed by atoms with Gasteiger partial charge in [0.25, 0.3) is 0 Å². The van der Waals surface area contributed by atoms with Crippen molar-refractivity contribution in [3.63, 3.8) is 0 Å². The van der Waals surface area contributed by atoms with Gasteiger partial charge in [0, 0.05) is 35.3 Å². The molecule has 3 heteroatoms. The molecule has 0 spiro atoms. The lowest BCUT2D eigenvalue weighted by Crippen LogP contribution is -2.00. The van der Waals surface area contributed by atoms with Gasteiger partial charge in [0.05, 0.1) is 0 Å². The molecule has 0 amide bonds. The van der Waals surface area contributed by atoms with E-state index in [1.165, 1.54) is 4.90 Å².